The lowest BCUT2D eigenvalue weighted by molar-refractivity contribution is 0.0325. The Kier molecular flexibility index (Phi) is 9.44. The molecule has 0 aliphatic rings. The number of aliphatic hydroxyl groups is 1. The number of nitrogens with zero attached hydrogens (tertiary/aromatic N) is 2. The van der Waals surface area contributed by atoms with Crippen molar-refractivity contribution in [1.29, 1.82) is 0 Å². The van der Waals surface area contributed by atoms with E-state index in [2.05, 4.69) is 12.1 Å². The quantitative estimate of drug-likeness (QED) is 0.283. The van der Waals surface area contributed by atoms with E-state index in [1.54, 1.807) is 12.1 Å². The number of benzene rings is 3. The average Bonchev–Trinajstić information content (AvgIpc) is 2.82. The zero-order chi connectivity index (χ0) is 27.1. The van der Waals surface area contributed by atoms with Crippen LogP contribution in [0.15, 0.2) is 64.6 Å². The number of hydrogen-bond donors (Lipinski definition) is 3. The van der Waals surface area contributed by atoms with Gasteiger partial charge in [-0.15, -0.1) is 0 Å². The molecular weight excluding hydrogens is 466 g/mol. The van der Waals surface area contributed by atoms with E-state index >= 15 is 0 Å². The molecule has 0 fully saturated rings. The van der Waals surface area contributed by atoms with Gasteiger partial charge in [0.15, 0.2) is 5.84 Å². The number of rotatable bonds is 9. The molecular formula is C30H37N3O4. The summed E-state index contributed by atoms with van der Waals surface area (Å²) in [5.74, 6) is 1.36. The van der Waals surface area contributed by atoms with Crippen LogP contribution in [0.2, 0.25) is 0 Å². The standard InChI is InChI=1S/C30H37N3O4/c1-18-7-10-25(20(3)13-18)29(31)33-30(26-11-8-19(2)14-21(26)4)32-22(5)27-12-9-24(15-28(27)35)37-17-23(34)16-36-6/h7-15,22-23,34-35H,16-17H2,1-6H3,(H2,31,32,33). The molecule has 0 bridgehead atoms. The fourth-order valence-electron chi connectivity index (χ4n) is 4.15. The molecule has 0 radical (unpaired) electrons. The number of phenolic OH excluding ortho intramolecular Hbond substituents is 1. The average molecular weight is 504 g/mol. The van der Waals surface area contributed by atoms with Gasteiger partial charge < -0.3 is 25.4 Å². The third-order valence-corrected chi connectivity index (χ3v) is 6.08. The Morgan fingerprint density at radius 1 is 0.892 bits per heavy atom. The Balaban J connectivity index is 1.98. The van der Waals surface area contributed by atoms with Crippen molar-refractivity contribution in [3.63, 3.8) is 0 Å². The Labute approximate surface area is 219 Å². The Hall–Kier alpha value is -3.68. The summed E-state index contributed by atoms with van der Waals surface area (Å²) < 4.78 is 10.5. The van der Waals surface area contributed by atoms with Crippen molar-refractivity contribution >= 4 is 11.7 Å². The zero-order valence-corrected chi connectivity index (χ0v) is 22.4. The van der Waals surface area contributed by atoms with Gasteiger partial charge in [-0.2, -0.15) is 0 Å². The van der Waals surface area contributed by atoms with Gasteiger partial charge in [0.25, 0.3) is 0 Å². The number of aliphatic imine (C=N–C) groups is 2. The molecule has 0 saturated carbocycles. The van der Waals surface area contributed by atoms with Gasteiger partial charge in [0.1, 0.15) is 30.0 Å². The maximum absolute atomic E-state index is 10.7. The fraction of sp³-hybridized carbons (Fsp3) is 0.333. The van der Waals surface area contributed by atoms with E-state index in [1.807, 2.05) is 58.9 Å². The number of aryl methyl sites for hydroxylation is 4. The van der Waals surface area contributed by atoms with Crippen LogP contribution < -0.4 is 10.5 Å². The lowest BCUT2D eigenvalue weighted by Gasteiger charge is -2.16. The van der Waals surface area contributed by atoms with Gasteiger partial charge in [0.2, 0.25) is 0 Å². The van der Waals surface area contributed by atoms with Crippen LogP contribution in [0.3, 0.4) is 0 Å². The molecule has 2 unspecified atom stereocenters. The van der Waals surface area contributed by atoms with Gasteiger partial charge in [-0.25, -0.2) is 4.99 Å². The second-order valence-electron chi connectivity index (χ2n) is 9.40. The molecule has 0 aromatic heterocycles. The number of methoxy groups -OCH3 is 1. The molecule has 37 heavy (non-hydrogen) atoms. The third-order valence-electron chi connectivity index (χ3n) is 6.08. The van der Waals surface area contributed by atoms with Crippen molar-refractivity contribution in [2.75, 3.05) is 20.3 Å². The zero-order valence-electron chi connectivity index (χ0n) is 22.4. The van der Waals surface area contributed by atoms with E-state index in [0.717, 1.165) is 33.4 Å². The Morgan fingerprint density at radius 2 is 1.51 bits per heavy atom. The summed E-state index contributed by atoms with van der Waals surface area (Å²) in [6, 6.07) is 16.8. The van der Waals surface area contributed by atoms with E-state index in [0.29, 0.717) is 23.0 Å². The Bertz CT molecular complexity index is 1300. The number of phenols is 1. The SMILES string of the molecule is COCC(O)COc1ccc(C(C)N=C(N=C(N)c2ccc(C)cc2C)c2ccc(C)cc2C)c(O)c1. The number of nitrogens with two attached hydrogens (primary N) is 1. The van der Waals surface area contributed by atoms with Crippen LogP contribution in [0.5, 0.6) is 11.5 Å². The maximum Gasteiger partial charge on any atom is 0.157 e. The first-order valence-electron chi connectivity index (χ1n) is 12.3. The molecule has 7 heteroatoms. The second-order valence-corrected chi connectivity index (χ2v) is 9.40. The molecule has 3 rings (SSSR count). The largest absolute Gasteiger partial charge is 0.507 e. The van der Waals surface area contributed by atoms with Gasteiger partial charge in [-0.3, -0.25) is 4.99 Å². The molecule has 0 amide bonds. The van der Waals surface area contributed by atoms with Gasteiger partial charge in [-0.1, -0.05) is 47.5 Å². The topological polar surface area (TPSA) is 110 Å². The van der Waals surface area contributed by atoms with E-state index in [1.165, 1.54) is 13.2 Å². The second kappa shape index (κ2) is 12.5. The predicted octanol–water partition coefficient (Wildman–Crippen LogP) is 4.93. The first-order valence-corrected chi connectivity index (χ1v) is 12.3. The summed E-state index contributed by atoms with van der Waals surface area (Å²) in [5, 5.41) is 20.5. The molecule has 3 aromatic rings. The number of amidine groups is 2. The predicted molar refractivity (Wildman–Crippen MR) is 149 cm³/mol. The van der Waals surface area contributed by atoms with E-state index < -0.39 is 12.1 Å². The summed E-state index contributed by atoms with van der Waals surface area (Å²) in [7, 11) is 1.51. The number of hydrogen-bond acceptors (Lipinski definition) is 5. The highest BCUT2D eigenvalue weighted by Gasteiger charge is 2.16. The summed E-state index contributed by atoms with van der Waals surface area (Å²) in [6.07, 6.45) is -0.754. The van der Waals surface area contributed by atoms with Crippen LogP contribution in [0.1, 0.15) is 51.9 Å². The molecule has 2 atom stereocenters. The van der Waals surface area contributed by atoms with Crippen LogP contribution in [0, 0.1) is 27.7 Å². The first kappa shape index (κ1) is 27.9. The van der Waals surface area contributed by atoms with Crippen LogP contribution in [0.4, 0.5) is 0 Å². The van der Waals surface area contributed by atoms with E-state index in [4.69, 9.17) is 25.2 Å². The van der Waals surface area contributed by atoms with E-state index in [-0.39, 0.29) is 19.0 Å². The van der Waals surface area contributed by atoms with Crippen molar-refractivity contribution in [1.82, 2.24) is 0 Å². The van der Waals surface area contributed by atoms with Crippen molar-refractivity contribution in [2.24, 2.45) is 15.7 Å². The summed E-state index contributed by atoms with van der Waals surface area (Å²) >= 11 is 0. The van der Waals surface area contributed by atoms with Gasteiger partial charge in [-0.05, 0) is 57.9 Å². The number of aliphatic hydroxyl groups excluding tert-OH is 1. The lowest BCUT2D eigenvalue weighted by Crippen LogP contribution is -2.22. The van der Waals surface area contributed by atoms with Gasteiger partial charge in [0, 0.05) is 29.9 Å². The molecule has 196 valence electrons. The normalized spacial score (nSPS) is 13.9. The molecule has 3 aromatic carbocycles. The van der Waals surface area contributed by atoms with Crippen molar-refractivity contribution < 1.29 is 19.7 Å². The fourth-order valence-corrected chi connectivity index (χ4v) is 4.15. The highest BCUT2D eigenvalue weighted by Crippen LogP contribution is 2.31. The smallest absolute Gasteiger partial charge is 0.157 e. The summed E-state index contributed by atoms with van der Waals surface area (Å²) in [4.78, 5) is 9.68. The van der Waals surface area contributed by atoms with Crippen molar-refractivity contribution in [3.05, 3.63) is 93.5 Å². The highest BCUT2D eigenvalue weighted by atomic mass is 16.5. The monoisotopic (exact) mass is 503 g/mol. The molecule has 0 heterocycles. The van der Waals surface area contributed by atoms with Crippen LogP contribution in [-0.2, 0) is 4.74 Å². The first-order chi connectivity index (χ1) is 17.6. The lowest BCUT2D eigenvalue weighted by atomic mass is 10.0. The minimum atomic E-state index is -0.754. The summed E-state index contributed by atoms with van der Waals surface area (Å²) in [5.41, 5.74) is 13.2. The van der Waals surface area contributed by atoms with Crippen molar-refractivity contribution in [3.8, 4) is 11.5 Å². The maximum atomic E-state index is 10.7. The Morgan fingerprint density at radius 3 is 2.08 bits per heavy atom. The van der Waals surface area contributed by atoms with Crippen LogP contribution in [-0.4, -0.2) is 48.3 Å². The molecule has 0 aliphatic heterocycles. The minimum absolute atomic E-state index is 0.0429. The van der Waals surface area contributed by atoms with E-state index in [9.17, 15) is 10.2 Å². The molecule has 0 spiro atoms. The van der Waals surface area contributed by atoms with Crippen LogP contribution in [0.25, 0.3) is 0 Å². The molecule has 4 N–H and O–H groups in total. The van der Waals surface area contributed by atoms with Gasteiger partial charge >= 0.3 is 0 Å². The minimum Gasteiger partial charge on any atom is -0.507 e. The molecule has 0 saturated heterocycles. The van der Waals surface area contributed by atoms with Crippen molar-refractivity contribution in [2.45, 2.75) is 46.8 Å². The van der Waals surface area contributed by atoms with Gasteiger partial charge in [0.05, 0.1) is 12.6 Å². The number of ether oxygens (including phenoxy) is 2. The number of aromatic hydroxyl groups is 1. The summed E-state index contributed by atoms with van der Waals surface area (Å²) in [6.45, 7) is 10.2. The van der Waals surface area contributed by atoms with Crippen LogP contribution >= 0.6 is 0 Å². The molecule has 0 aliphatic carbocycles. The third kappa shape index (κ3) is 7.41. The molecule has 7 nitrogen and oxygen atoms in total. The highest BCUT2D eigenvalue weighted by molar-refractivity contribution is 6.12.